The standard InChI is InChI=1S/C10H18NO3P/c1-4-13-15(3)8-6-10(5-7-11)14-9(2)12/h10H,4-6,8H2,1-3H3. The Morgan fingerprint density at radius 2 is 2.27 bits per heavy atom. The van der Waals surface area contributed by atoms with Crippen molar-refractivity contribution < 1.29 is 14.1 Å². The molecule has 0 spiro atoms. The van der Waals surface area contributed by atoms with Gasteiger partial charge in [0.15, 0.2) is 0 Å². The van der Waals surface area contributed by atoms with Crippen LogP contribution in [-0.4, -0.2) is 31.5 Å². The Morgan fingerprint density at radius 3 is 2.73 bits per heavy atom. The smallest absolute Gasteiger partial charge is 0.302 e. The summed E-state index contributed by atoms with van der Waals surface area (Å²) in [5.41, 5.74) is 0. The lowest BCUT2D eigenvalue weighted by molar-refractivity contribution is -0.146. The predicted octanol–water partition coefficient (Wildman–Crippen LogP) is 2.29. The molecule has 0 aliphatic carbocycles. The average Bonchev–Trinajstić information content (AvgIpc) is 2.14. The molecule has 0 heterocycles. The second-order valence-corrected chi connectivity index (χ2v) is 5.11. The van der Waals surface area contributed by atoms with Crippen LogP contribution >= 0.6 is 8.15 Å². The van der Waals surface area contributed by atoms with Gasteiger partial charge >= 0.3 is 5.97 Å². The molecule has 2 atom stereocenters. The number of hydrogen-bond acceptors (Lipinski definition) is 4. The molecular weight excluding hydrogens is 213 g/mol. The zero-order valence-corrected chi connectivity index (χ0v) is 10.4. The Bertz CT molecular complexity index is 227. The van der Waals surface area contributed by atoms with Crippen molar-refractivity contribution >= 4 is 14.1 Å². The molecule has 0 aliphatic rings. The van der Waals surface area contributed by atoms with Crippen molar-refractivity contribution in [1.82, 2.24) is 0 Å². The van der Waals surface area contributed by atoms with E-state index in [2.05, 4.69) is 0 Å². The number of carbonyl (C=O) groups excluding carboxylic acids is 1. The second kappa shape index (κ2) is 8.64. The number of rotatable bonds is 7. The van der Waals surface area contributed by atoms with E-state index in [1.807, 2.05) is 19.7 Å². The molecule has 0 amide bonds. The number of nitrogens with zero attached hydrogens (tertiary/aromatic N) is 1. The summed E-state index contributed by atoms with van der Waals surface area (Å²) in [4.78, 5) is 10.7. The van der Waals surface area contributed by atoms with Crippen LogP contribution in [0.1, 0.15) is 26.7 Å². The molecule has 0 aliphatic heterocycles. The Kier molecular flexibility index (Phi) is 8.27. The second-order valence-electron chi connectivity index (χ2n) is 3.15. The molecule has 86 valence electrons. The van der Waals surface area contributed by atoms with Crippen LogP contribution in [0.5, 0.6) is 0 Å². The molecule has 0 rings (SSSR count). The normalized spacial score (nSPS) is 14.0. The van der Waals surface area contributed by atoms with Crippen LogP contribution < -0.4 is 0 Å². The van der Waals surface area contributed by atoms with Crippen molar-refractivity contribution in [3.63, 3.8) is 0 Å². The lowest BCUT2D eigenvalue weighted by Gasteiger charge is -2.16. The van der Waals surface area contributed by atoms with Crippen LogP contribution in [0.2, 0.25) is 0 Å². The monoisotopic (exact) mass is 231 g/mol. The molecule has 0 saturated heterocycles. The summed E-state index contributed by atoms with van der Waals surface area (Å²) in [6.45, 7) is 6.06. The molecule has 2 unspecified atom stereocenters. The SMILES string of the molecule is CCOP(C)CCC(CC#N)OC(C)=O. The lowest BCUT2D eigenvalue weighted by atomic mass is 10.2. The zero-order valence-electron chi connectivity index (χ0n) is 9.52. The average molecular weight is 231 g/mol. The summed E-state index contributed by atoms with van der Waals surface area (Å²) in [5.74, 6) is -0.327. The van der Waals surface area contributed by atoms with Crippen molar-refractivity contribution in [1.29, 1.82) is 5.26 Å². The molecule has 0 aromatic rings. The molecular formula is C10H18NO3P. The summed E-state index contributed by atoms with van der Waals surface area (Å²) in [5, 5.41) is 8.55. The van der Waals surface area contributed by atoms with Gasteiger partial charge in [-0.1, -0.05) is 0 Å². The van der Waals surface area contributed by atoms with Gasteiger partial charge in [0.25, 0.3) is 0 Å². The number of nitriles is 1. The molecule has 15 heavy (non-hydrogen) atoms. The van der Waals surface area contributed by atoms with Crippen LogP contribution in [0.4, 0.5) is 0 Å². The van der Waals surface area contributed by atoms with E-state index in [9.17, 15) is 4.79 Å². The highest BCUT2D eigenvalue weighted by molar-refractivity contribution is 7.51. The van der Waals surface area contributed by atoms with Gasteiger partial charge in [0, 0.05) is 21.7 Å². The van der Waals surface area contributed by atoms with Crippen LogP contribution in [0, 0.1) is 11.3 Å². The van der Waals surface area contributed by atoms with Gasteiger partial charge in [0.05, 0.1) is 12.5 Å². The van der Waals surface area contributed by atoms with Crippen LogP contribution in [-0.2, 0) is 14.1 Å². The predicted molar refractivity (Wildman–Crippen MR) is 59.7 cm³/mol. The third kappa shape index (κ3) is 8.35. The quantitative estimate of drug-likeness (QED) is 0.498. The summed E-state index contributed by atoms with van der Waals surface area (Å²) in [6, 6.07) is 2.02. The minimum atomic E-state index is -0.450. The summed E-state index contributed by atoms with van der Waals surface area (Å²) < 4.78 is 10.4. The third-order valence-electron chi connectivity index (χ3n) is 1.77. The van der Waals surface area contributed by atoms with Crippen LogP contribution in [0.15, 0.2) is 0 Å². The van der Waals surface area contributed by atoms with Crippen molar-refractivity contribution in [2.24, 2.45) is 0 Å². The molecule has 0 saturated carbocycles. The summed E-state index contributed by atoms with van der Waals surface area (Å²) >= 11 is 0. The topological polar surface area (TPSA) is 59.3 Å². The van der Waals surface area contributed by atoms with Gasteiger partial charge in [0.1, 0.15) is 6.10 Å². The fraction of sp³-hybridized carbons (Fsp3) is 0.800. The van der Waals surface area contributed by atoms with E-state index in [-0.39, 0.29) is 18.5 Å². The highest BCUT2D eigenvalue weighted by Crippen LogP contribution is 2.33. The fourth-order valence-electron chi connectivity index (χ4n) is 1.15. The number of ether oxygens (including phenoxy) is 1. The van der Waals surface area contributed by atoms with Gasteiger partial charge in [-0.15, -0.1) is 0 Å². The first-order valence-corrected chi connectivity index (χ1v) is 6.87. The first-order chi connectivity index (χ1) is 7.10. The summed E-state index contributed by atoms with van der Waals surface area (Å²) in [7, 11) is -0.450. The maximum absolute atomic E-state index is 10.7. The Hall–Kier alpha value is -0.650. The van der Waals surface area contributed by atoms with E-state index in [1.165, 1.54) is 6.92 Å². The first-order valence-electron chi connectivity index (χ1n) is 4.98. The van der Waals surface area contributed by atoms with Crippen molar-refractivity contribution in [3.05, 3.63) is 0 Å². The van der Waals surface area contributed by atoms with Crippen molar-refractivity contribution in [3.8, 4) is 6.07 Å². The molecule has 0 N–H and O–H groups in total. The highest BCUT2D eigenvalue weighted by Gasteiger charge is 2.13. The van der Waals surface area contributed by atoms with Crippen molar-refractivity contribution in [2.45, 2.75) is 32.8 Å². The van der Waals surface area contributed by atoms with E-state index in [0.29, 0.717) is 13.0 Å². The minimum absolute atomic E-state index is 0.259. The van der Waals surface area contributed by atoms with Gasteiger partial charge < -0.3 is 9.26 Å². The van der Waals surface area contributed by atoms with Gasteiger partial charge in [-0.05, 0) is 26.2 Å². The van der Waals surface area contributed by atoms with E-state index in [0.717, 1.165) is 6.16 Å². The molecule has 5 heteroatoms. The Morgan fingerprint density at radius 1 is 1.60 bits per heavy atom. The van der Waals surface area contributed by atoms with E-state index in [4.69, 9.17) is 14.5 Å². The van der Waals surface area contributed by atoms with E-state index < -0.39 is 8.15 Å². The van der Waals surface area contributed by atoms with Gasteiger partial charge in [0.2, 0.25) is 0 Å². The van der Waals surface area contributed by atoms with Crippen LogP contribution in [0.25, 0.3) is 0 Å². The van der Waals surface area contributed by atoms with Gasteiger partial charge in [-0.25, -0.2) is 0 Å². The molecule has 0 aromatic heterocycles. The molecule has 0 aromatic carbocycles. The molecule has 0 fully saturated rings. The van der Waals surface area contributed by atoms with Gasteiger partial charge in [-0.3, -0.25) is 4.79 Å². The van der Waals surface area contributed by atoms with Gasteiger partial charge in [-0.2, -0.15) is 5.26 Å². The summed E-state index contributed by atoms with van der Waals surface area (Å²) in [6.07, 6.45) is 1.55. The maximum Gasteiger partial charge on any atom is 0.302 e. The maximum atomic E-state index is 10.7. The Balaban J connectivity index is 3.85. The van der Waals surface area contributed by atoms with Crippen molar-refractivity contribution in [2.75, 3.05) is 19.4 Å². The minimum Gasteiger partial charge on any atom is -0.461 e. The lowest BCUT2D eigenvalue weighted by Crippen LogP contribution is -2.17. The molecule has 0 bridgehead atoms. The third-order valence-corrected chi connectivity index (χ3v) is 3.35. The Labute approximate surface area is 92.4 Å². The van der Waals surface area contributed by atoms with E-state index in [1.54, 1.807) is 0 Å². The molecule has 0 radical (unpaired) electrons. The van der Waals surface area contributed by atoms with Crippen LogP contribution in [0.3, 0.4) is 0 Å². The fourth-order valence-corrected chi connectivity index (χ4v) is 2.37. The number of esters is 1. The molecule has 4 nitrogen and oxygen atoms in total. The zero-order chi connectivity index (χ0) is 11.7. The number of hydrogen-bond donors (Lipinski definition) is 0. The van der Waals surface area contributed by atoms with E-state index >= 15 is 0 Å². The number of carbonyl (C=O) groups is 1. The first kappa shape index (κ1) is 14.3. The highest BCUT2D eigenvalue weighted by atomic mass is 31.1. The largest absolute Gasteiger partial charge is 0.461 e.